The summed E-state index contributed by atoms with van der Waals surface area (Å²) in [4.78, 5) is 38.2. The number of hydrogen-bond acceptors (Lipinski definition) is 6. The summed E-state index contributed by atoms with van der Waals surface area (Å²) in [6.07, 6.45) is 70.6. The number of hydrogen-bond donors (Lipinski definition) is 0. The van der Waals surface area contributed by atoms with Gasteiger partial charge in [0.25, 0.3) is 0 Å². The van der Waals surface area contributed by atoms with Gasteiger partial charge in [-0.3, -0.25) is 14.4 Å². The summed E-state index contributed by atoms with van der Waals surface area (Å²) in [6.45, 7) is 6.53. The van der Waals surface area contributed by atoms with E-state index < -0.39 is 6.10 Å². The molecule has 0 amide bonds. The molecule has 0 aromatic rings. The molecule has 0 aliphatic carbocycles. The normalized spacial score (nSPS) is 12.5. The maximum atomic E-state index is 12.9. The Labute approximate surface area is 421 Å². The van der Waals surface area contributed by atoms with Gasteiger partial charge >= 0.3 is 17.9 Å². The van der Waals surface area contributed by atoms with Crippen molar-refractivity contribution in [2.24, 2.45) is 0 Å². The molecule has 6 heteroatoms. The summed E-state index contributed by atoms with van der Waals surface area (Å²) in [5, 5.41) is 0. The molecule has 0 spiro atoms. The van der Waals surface area contributed by atoms with Crippen LogP contribution in [0, 0.1) is 0 Å². The van der Waals surface area contributed by atoms with E-state index in [1.165, 1.54) is 161 Å². The van der Waals surface area contributed by atoms with Crippen LogP contribution in [0.2, 0.25) is 0 Å². The van der Waals surface area contributed by atoms with Crippen molar-refractivity contribution in [1.29, 1.82) is 0 Å². The first-order chi connectivity index (χ1) is 33.5. The number of carbonyl (C=O) groups excluding carboxylic acids is 3. The summed E-state index contributed by atoms with van der Waals surface area (Å²) in [5.74, 6) is -0.880. The van der Waals surface area contributed by atoms with Crippen LogP contribution in [0.25, 0.3) is 0 Å². The zero-order valence-electron chi connectivity index (χ0n) is 45.1. The fourth-order valence-electron chi connectivity index (χ4n) is 8.37. The highest BCUT2D eigenvalue weighted by atomic mass is 16.6. The smallest absolute Gasteiger partial charge is 0.306 e. The van der Waals surface area contributed by atoms with Crippen LogP contribution in [0.3, 0.4) is 0 Å². The van der Waals surface area contributed by atoms with Gasteiger partial charge in [-0.25, -0.2) is 0 Å². The third-order valence-corrected chi connectivity index (χ3v) is 12.8. The fraction of sp³-hybridized carbons (Fsp3) is 0.790. The molecule has 0 bridgehead atoms. The average Bonchev–Trinajstić information content (AvgIpc) is 3.34. The number of allylic oxidation sites excluding steroid dienone is 10. The van der Waals surface area contributed by atoms with E-state index in [-0.39, 0.29) is 31.1 Å². The zero-order valence-corrected chi connectivity index (χ0v) is 45.1. The van der Waals surface area contributed by atoms with Crippen molar-refractivity contribution in [1.82, 2.24) is 0 Å². The third-order valence-electron chi connectivity index (χ3n) is 12.8. The van der Waals surface area contributed by atoms with E-state index >= 15 is 0 Å². The summed E-state index contributed by atoms with van der Waals surface area (Å²) in [5.41, 5.74) is 0. The quantitative estimate of drug-likeness (QED) is 0.0262. The molecule has 394 valence electrons. The summed E-state index contributed by atoms with van der Waals surface area (Å²) in [7, 11) is 0. The zero-order chi connectivity index (χ0) is 49.3. The van der Waals surface area contributed by atoms with Crippen molar-refractivity contribution in [3.63, 3.8) is 0 Å². The van der Waals surface area contributed by atoms with Crippen LogP contribution in [-0.4, -0.2) is 37.2 Å². The van der Waals surface area contributed by atoms with Crippen molar-refractivity contribution in [2.45, 2.75) is 303 Å². The van der Waals surface area contributed by atoms with Gasteiger partial charge in [0.15, 0.2) is 6.10 Å². The van der Waals surface area contributed by atoms with Crippen LogP contribution in [0.4, 0.5) is 0 Å². The Morgan fingerprint density at radius 3 is 0.926 bits per heavy atom. The second-order valence-corrected chi connectivity index (χ2v) is 19.5. The molecule has 1 unspecified atom stereocenters. The highest BCUT2D eigenvalue weighted by Crippen LogP contribution is 2.16. The number of esters is 3. The Morgan fingerprint density at radius 1 is 0.309 bits per heavy atom. The second kappa shape index (κ2) is 56.7. The topological polar surface area (TPSA) is 78.9 Å². The van der Waals surface area contributed by atoms with E-state index in [1.54, 1.807) is 0 Å². The van der Waals surface area contributed by atoms with Crippen molar-refractivity contribution in [3.8, 4) is 0 Å². The van der Waals surface area contributed by atoms with Gasteiger partial charge in [-0.15, -0.1) is 0 Å². The fourth-order valence-corrected chi connectivity index (χ4v) is 8.37. The lowest BCUT2D eigenvalue weighted by Crippen LogP contribution is -2.30. The van der Waals surface area contributed by atoms with Crippen LogP contribution in [0.1, 0.15) is 297 Å². The molecule has 0 aliphatic rings. The molecule has 0 fully saturated rings. The molecule has 0 N–H and O–H groups in total. The second-order valence-electron chi connectivity index (χ2n) is 19.5. The van der Waals surface area contributed by atoms with Gasteiger partial charge in [0, 0.05) is 19.3 Å². The van der Waals surface area contributed by atoms with Gasteiger partial charge in [-0.2, -0.15) is 0 Å². The first-order valence-electron chi connectivity index (χ1n) is 29.3. The van der Waals surface area contributed by atoms with Crippen LogP contribution >= 0.6 is 0 Å². The van der Waals surface area contributed by atoms with Gasteiger partial charge in [0.1, 0.15) is 13.2 Å². The Kier molecular flexibility index (Phi) is 54.3. The number of ether oxygens (including phenoxy) is 3. The lowest BCUT2D eigenvalue weighted by Gasteiger charge is -2.18. The molecule has 6 nitrogen and oxygen atoms in total. The minimum absolute atomic E-state index is 0.0783. The summed E-state index contributed by atoms with van der Waals surface area (Å²) >= 11 is 0. The molecule has 1 atom stereocenters. The predicted molar refractivity (Wildman–Crippen MR) is 293 cm³/mol. The van der Waals surface area contributed by atoms with E-state index in [4.69, 9.17) is 14.2 Å². The molecular formula is C62H110O6. The van der Waals surface area contributed by atoms with Gasteiger partial charge < -0.3 is 14.2 Å². The van der Waals surface area contributed by atoms with Crippen molar-refractivity contribution in [2.75, 3.05) is 13.2 Å². The van der Waals surface area contributed by atoms with Crippen molar-refractivity contribution < 1.29 is 28.6 Å². The van der Waals surface area contributed by atoms with E-state index in [1.807, 2.05) is 0 Å². The van der Waals surface area contributed by atoms with Crippen LogP contribution in [-0.2, 0) is 28.6 Å². The van der Waals surface area contributed by atoms with Gasteiger partial charge in [-0.1, -0.05) is 255 Å². The highest BCUT2D eigenvalue weighted by Gasteiger charge is 2.19. The van der Waals surface area contributed by atoms with E-state index in [0.717, 1.165) is 96.3 Å². The Hall–Kier alpha value is -2.89. The SMILES string of the molecule is CC/C=C\C/C=C\C/C=C\C/C=C\CCCCCCCCCCC(=O)OCC(COC(=O)CCCCCCC/C=C\CCCCCC)OC(=O)CCCCCCCCCCCCCCCCCC. The Morgan fingerprint density at radius 2 is 0.574 bits per heavy atom. The summed E-state index contributed by atoms with van der Waals surface area (Å²) < 4.78 is 16.9. The Bertz CT molecular complexity index is 1230. The van der Waals surface area contributed by atoms with Crippen molar-refractivity contribution in [3.05, 3.63) is 60.8 Å². The van der Waals surface area contributed by atoms with Crippen molar-refractivity contribution >= 4 is 17.9 Å². The van der Waals surface area contributed by atoms with Crippen LogP contribution < -0.4 is 0 Å². The molecule has 0 aliphatic heterocycles. The molecule has 0 rings (SSSR count). The Balaban J connectivity index is 4.34. The number of unbranched alkanes of at least 4 members (excludes halogenated alkanes) is 32. The molecule has 68 heavy (non-hydrogen) atoms. The average molecular weight is 952 g/mol. The first kappa shape index (κ1) is 65.1. The summed E-state index contributed by atoms with van der Waals surface area (Å²) in [6, 6.07) is 0. The maximum absolute atomic E-state index is 12.9. The third kappa shape index (κ3) is 54.1. The lowest BCUT2D eigenvalue weighted by atomic mass is 10.0. The van der Waals surface area contributed by atoms with E-state index in [0.29, 0.717) is 19.3 Å². The van der Waals surface area contributed by atoms with Gasteiger partial charge in [0.05, 0.1) is 0 Å². The first-order valence-corrected chi connectivity index (χ1v) is 29.3. The van der Waals surface area contributed by atoms with Gasteiger partial charge in [0.2, 0.25) is 0 Å². The lowest BCUT2D eigenvalue weighted by molar-refractivity contribution is -0.167. The van der Waals surface area contributed by atoms with E-state index in [9.17, 15) is 14.4 Å². The van der Waals surface area contributed by atoms with Gasteiger partial charge in [-0.05, 0) is 83.5 Å². The van der Waals surface area contributed by atoms with Crippen LogP contribution in [0.5, 0.6) is 0 Å². The monoisotopic (exact) mass is 951 g/mol. The number of rotatable bonds is 53. The van der Waals surface area contributed by atoms with E-state index in [2.05, 4.69) is 81.5 Å². The minimum atomic E-state index is -0.779. The highest BCUT2D eigenvalue weighted by molar-refractivity contribution is 5.71. The van der Waals surface area contributed by atoms with Crippen LogP contribution in [0.15, 0.2) is 60.8 Å². The maximum Gasteiger partial charge on any atom is 0.306 e. The molecule has 0 radical (unpaired) electrons. The molecule has 0 aromatic carbocycles. The molecule has 0 saturated heterocycles. The standard InChI is InChI=1S/C62H110O6/c1-4-7-10-13-16-19-22-25-27-29-30-31-32-33-35-37-40-43-46-49-52-55-61(64)67-58-59(57-66-60(63)54-51-48-45-42-39-36-24-21-18-15-12-9-6-3)68-62(65)56-53-50-47-44-41-38-34-28-26-23-20-17-14-11-8-5-2/h7,10,16,19,21,24-25,27,30-31,59H,4-6,8-9,11-15,17-18,20,22-23,26,28-29,32-58H2,1-3H3/b10-7-,19-16-,24-21-,27-25-,31-30-. The molecular weight excluding hydrogens is 841 g/mol. The predicted octanol–water partition coefficient (Wildman–Crippen LogP) is 19.6. The molecule has 0 heterocycles. The number of carbonyl (C=O) groups is 3. The molecule has 0 saturated carbocycles. The largest absolute Gasteiger partial charge is 0.462 e. The minimum Gasteiger partial charge on any atom is -0.462 e. The molecule has 0 aromatic heterocycles.